The molecule has 1 aromatic rings. The van der Waals surface area contributed by atoms with Gasteiger partial charge in [-0.05, 0) is 26.0 Å². The minimum atomic E-state index is -0.574. The summed E-state index contributed by atoms with van der Waals surface area (Å²) in [6.45, 7) is 3.71. The number of urea groups is 1. The highest BCUT2D eigenvalue weighted by Crippen LogP contribution is 2.30. The first-order valence-corrected chi connectivity index (χ1v) is 7.25. The van der Waals surface area contributed by atoms with Crippen molar-refractivity contribution < 1.29 is 14.3 Å². The second-order valence-electron chi connectivity index (χ2n) is 4.54. The Bertz CT molecular complexity index is 552. The van der Waals surface area contributed by atoms with Crippen LogP contribution in [-0.4, -0.2) is 29.5 Å². The molecule has 0 aliphatic rings. The summed E-state index contributed by atoms with van der Waals surface area (Å²) >= 11 is 16.3. The van der Waals surface area contributed by atoms with Gasteiger partial charge in [0.15, 0.2) is 0 Å². The van der Waals surface area contributed by atoms with Gasteiger partial charge in [-0.15, -0.1) is 0 Å². The van der Waals surface area contributed by atoms with Crippen molar-refractivity contribution in [3.8, 4) is 0 Å². The summed E-state index contributed by atoms with van der Waals surface area (Å²) in [5, 5.41) is 3.16. The number of methoxy groups -OCH3 is 1. The molecular weight excluding hydrogens is 335 g/mol. The maximum absolute atomic E-state index is 11.8. The number of hydrogen-bond donors (Lipinski definition) is 2. The van der Waals surface area contributed by atoms with Gasteiger partial charge in [-0.3, -0.25) is 4.31 Å². The van der Waals surface area contributed by atoms with Gasteiger partial charge in [-0.1, -0.05) is 36.0 Å². The molecule has 1 N–H and O–H groups in total. The molecule has 0 spiro atoms. The number of rotatable bonds is 4. The van der Waals surface area contributed by atoms with Crippen LogP contribution in [0.15, 0.2) is 12.1 Å². The summed E-state index contributed by atoms with van der Waals surface area (Å²) in [7, 11) is 1.26. The predicted octanol–water partition coefficient (Wildman–Crippen LogP) is 3.54. The first kappa shape index (κ1) is 17.9. The number of nitrogens with one attached hydrogen (secondary N) is 1. The molecule has 116 valence electrons. The van der Waals surface area contributed by atoms with Crippen LogP contribution in [0.1, 0.15) is 29.8 Å². The molecule has 1 aromatic carbocycles. The molecule has 0 heterocycles. The van der Waals surface area contributed by atoms with Crippen molar-refractivity contribution in [2.45, 2.75) is 26.4 Å². The summed E-state index contributed by atoms with van der Waals surface area (Å²) in [5.74, 6) is -0.574. The van der Waals surface area contributed by atoms with E-state index in [2.05, 4.69) is 22.9 Å². The molecule has 0 aliphatic carbocycles. The van der Waals surface area contributed by atoms with E-state index in [9.17, 15) is 9.59 Å². The van der Waals surface area contributed by atoms with Crippen LogP contribution < -0.4 is 5.32 Å². The number of amides is 2. The molecule has 2 amide bonds. The van der Waals surface area contributed by atoms with Gasteiger partial charge in [0.25, 0.3) is 0 Å². The second kappa shape index (κ2) is 7.77. The Labute approximate surface area is 139 Å². The highest BCUT2D eigenvalue weighted by atomic mass is 35.5. The Morgan fingerprint density at radius 3 is 2.52 bits per heavy atom. The number of esters is 1. The standard InChI is InChI=1S/C13H16Cl2N2O3S/c1-7(2)16-13(19)17(21)6-9-10(14)5-4-8(11(9)15)12(18)20-3/h4-5,7,21H,6H2,1-3H3,(H,16,19). The van der Waals surface area contributed by atoms with Gasteiger partial charge in [0.1, 0.15) is 0 Å². The van der Waals surface area contributed by atoms with Crippen LogP contribution in [0.25, 0.3) is 0 Å². The van der Waals surface area contributed by atoms with Crippen molar-refractivity contribution in [3.63, 3.8) is 0 Å². The molecule has 1 rings (SSSR count). The van der Waals surface area contributed by atoms with Crippen molar-refractivity contribution in [2.24, 2.45) is 0 Å². The molecule has 0 saturated heterocycles. The van der Waals surface area contributed by atoms with Crippen molar-refractivity contribution in [3.05, 3.63) is 33.3 Å². The summed E-state index contributed by atoms with van der Waals surface area (Å²) in [5.41, 5.74) is 0.611. The number of nitrogens with zero attached hydrogens (tertiary/aromatic N) is 1. The summed E-state index contributed by atoms with van der Waals surface area (Å²) in [6.07, 6.45) is 0. The zero-order chi connectivity index (χ0) is 16.2. The Morgan fingerprint density at radius 2 is 2.00 bits per heavy atom. The van der Waals surface area contributed by atoms with Crippen molar-refractivity contribution in [2.75, 3.05) is 7.11 Å². The third-order valence-electron chi connectivity index (χ3n) is 2.55. The third-order valence-corrected chi connectivity index (χ3v) is 3.65. The Kier molecular flexibility index (Phi) is 6.64. The number of thiol groups is 1. The number of ether oxygens (including phenoxy) is 1. The van der Waals surface area contributed by atoms with Crippen LogP contribution in [0.5, 0.6) is 0 Å². The average Bonchev–Trinajstić information content (AvgIpc) is 2.41. The number of halogens is 2. The van der Waals surface area contributed by atoms with Crippen LogP contribution in [0.2, 0.25) is 10.0 Å². The highest BCUT2D eigenvalue weighted by Gasteiger charge is 2.20. The smallest absolute Gasteiger partial charge is 0.339 e. The van der Waals surface area contributed by atoms with Crippen molar-refractivity contribution in [1.29, 1.82) is 0 Å². The molecule has 0 atom stereocenters. The van der Waals surface area contributed by atoms with Crippen LogP contribution in [0.3, 0.4) is 0 Å². The van der Waals surface area contributed by atoms with Gasteiger partial charge in [-0.25, -0.2) is 9.59 Å². The monoisotopic (exact) mass is 350 g/mol. The molecular formula is C13H16Cl2N2O3S. The van der Waals surface area contributed by atoms with Gasteiger partial charge >= 0.3 is 12.0 Å². The molecule has 0 aliphatic heterocycles. The van der Waals surface area contributed by atoms with Gasteiger partial charge in [0, 0.05) is 16.6 Å². The van der Waals surface area contributed by atoms with E-state index in [0.717, 1.165) is 4.31 Å². The van der Waals surface area contributed by atoms with Crippen LogP contribution in [-0.2, 0) is 11.3 Å². The zero-order valence-electron chi connectivity index (χ0n) is 11.8. The van der Waals surface area contributed by atoms with E-state index in [1.54, 1.807) is 0 Å². The maximum Gasteiger partial charge on any atom is 0.339 e. The average molecular weight is 351 g/mol. The lowest BCUT2D eigenvalue weighted by atomic mass is 10.1. The summed E-state index contributed by atoms with van der Waals surface area (Å²) in [4.78, 5) is 23.4. The highest BCUT2D eigenvalue weighted by molar-refractivity contribution is 7.78. The van der Waals surface area contributed by atoms with E-state index in [0.29, 0.717) is 10.6 Å². The quantitative estimate of drug-likeness (QED) is 0.644. The van der Waals surface area contributed by atoms with E-state index in [1.807, 2.05) is 13.8 Å². The molecule has 0 aromatic heterocycles. The molecule has 0 saturated carbocycles. The minimum Gasteiger partial charge on any atom is -0.465 e. The van der Waals surface area contributed by atoms with E-state index in [4.69, 9.17) is 23.2 Å². The molecule has 0 fully saturated rings. The number of carbonyl (C=O) groups excluding carboxylic acids is 2. The van der Waals surface area contributed by atoms with Crippen molar-refractivity contribution in [1.82, 2.24) is 9.62 Å². The fraction of sp³-hybridized carbons (Fsp3) is 0.385. The fourth-order valence-corrected chi connectivity index (χ4v) is 2.32. The predicted molar refractivity (Wildman–Crippen MR) is 86.0 cm³/mol. The van der Waals surface area contributed by atoms with Crippen molar-refractivity contribution >= 4 is 48.0 Å². The molecule has 0 bridgehead atoms. The zero-order valence-corrected chi connectivity index (χ0v) is 14.2. The lowest BCUT2D eigenvalue weighted by Crippen LogP contribution is -2.38. The molecule has 21 heavy (non-hydrogen) atoms. The normalized spacial score (nSPS) is 10.4. The lowest BCUT2D eigenvalue weighted by Gasteiger charge is -2.20. The van der Waals surface area contributed by atoms with Crippen LogP contribution in [0, 0.1) is 0 Å². The fourth-order valence-electron chi connectivity index (χ4n) is 1.55. The third kappa shape index (κ3) is 4.69. The first-order chi connectivity index (χ1) is 9.77. The van der Waals surface area contributed by atoms with E-state index in [-0.39, 0.29) is 29.2 Å². The van der Waals surface area contributed by atoms with Gasteiger partial charge in [-0.2, -0.15) is 0 Å². The Hall–Kier alpha value is -1.11. The van der Waals surface area contributed by atoms with E-state index >= 15 is 0 Å². The van der Waals surface area contributed by atoms with Gasteiger partial charge < -0.3 is 10.1 Å². The first-order valence-electron chi connectivity index (χ1n) is 6.10. The van der Waals surface area contributed by atoms with Crippen LogP contribution in [0.4, 0.5) is 4.79 Å². The largest absolute Gasteiger partial charge is 0.465 e. The van der Waals surface area contributed by atoms with Gasteiger partial charge in [0.2, 0.25) is 0 Å². The minimum absolute atomic E-state index is 0.0282. The molecule has 0 radical (unpaired) electrons. The summed E-state index contributed by atoms with van der Waals surface area (Å²) < 4.78 is 5.77. The second-order valence-corrected chi connectivity index (χ2v) is 5.81. The van der Waals surface area contributed by atoms with Crippen LogP contribution >= 0.6 is 36.0 Å². The molecule has 5 nitrogen and oxygen atoms in total. The van der Waals surface area contributed by atoms with Gasteiger partial charge in [0.05, 0.1) is 24.2 Å². The number of benzene rings is 1. The van der Waals surface area contributed by atoms with E-state index < -0.39 is 5.97 Å². The maximum atomic E-state index is 11.8. The Morgan fingerprint density at radius 1 is 1.38 bits per heavy atom. The molecule has 0 unspecified atom stereocenters. The number of hydrogen-bond acceptors (Lipinski definition) is 4. The van der Waals surface area contributed by atoms with E-state index in [1.165, 1.54) is 19.2 Å². The summed E-state index contributed by atoms with van der Waals surface area (Å²) in [6, 6.07) is 2.58. The molecule has 8 heteroatoms. The topological polar surface area (TPSA) is 58.6 Å². The number of carbonyl (C=O) groups is 2. The Balaban J connectivity index is 3.02. The lowest BCUT2D eigenvalue weighted by molar-refractivity contribution is 0.0601. The SMILES string of the molecule is COC(=O)c1ccc(Cl)c(CN(S)C(=O)NC(C)C)c1Cl.